The molecular formula is C12H20N4O2. The molecule has 1 fully saturated rings. The minimum Gasteiger partial charge on any atom is -0.346 e. The smallest absolute Gasteiger partial charge is 0.292 e. The maximum atomic E-state index is 11.6. The molecule has 18 heavy (non-hydrogen) atoms. The highest BCUT2D eigenvalue weighted by atomic mass is 16.5. The van der Waals surface area contributed by atoms with Gasteiger partial charge >= 0.3 is 0 Å². The standard InChI is InChI=1S/C12H20N4O2/c1-12(2,3)13-7-6-9-15-10(16-18-9)11(17)14-8-4-5-8/h8,13H,4-7H2,1-3H3,(H,14,17). The van der Waals surface area contributed by atoms with E-state index in [-0.39, 0.29) is 17.3 Å². The Hall–Kier alpha value is -1.43. The van der Waals surface area contributed by atoms with Crippen molar-refractivity contribution < 1.29 is 9.32 Å². The molecule has 0 atom stereocenters. The summed E-state index contributed by atoms with van der Waals surface area (Å²) in [5.74, 6) is 0.386. The molecule has 100 valence electrons. The summed E-state index contributed by atoms with van der Waals surface area (Å²) < 4.78 is 5.04. The van der Waals surface area contributed by atoms with Crippen LogP contribution in [-0.4, -0.2) is 34.2 Å². The molecule has 1 aromatic rings. The highest BCUT2D eigenvalue weighted by Crippen LogP contribution is 2.18. The first-order valence-electron chi connectivity index (χ1n) is 6.32. The Morgan fingerprint density at radius 1 is 1.44 bits per heavy atom. The van der Waals surface area contributed by atoms with E-state index in [0.29, 0.717) is 18.4 Å². The van der Waals surface area contributed by atoms with Crippen LogP contribution in [0.3, 0.4) is 0 Å². The van der Waals surface area contributed by atoms with Crippen molar-refractivity contribution in [2.24, 2.45) is 0 Å². The van der Waals surface area contributed by atoms with Gasteiger partial charge in [-0.25, -0.2) is 0 Å². The van der Waals surface area contributed by atoms with Crippen molar-refractivity contribution in [1.29, 1.82) is 0 Å². The van der Waals surface area contributed by atoms with Gasteiger partial charge in [0.15, 0.2) is 0 Å². The summed E-state index contributed by atoms with van der Waals surface area (Å²) in [5, 5.41) is 9.83. The zero-order valence-corrected chi connectivity index (χ0v) is 11.1. The molecule has 0 bridgehead atoms. The SMILES string of the molecule is CC(C)(C)NCCc1nc(C(=O)NC2CC2)no1. The maximum Gasteiger partial charge on any atom is 0.292 e. The molecule has 0 aliphatic heterocycles. The molecular weight excluding hydrogens is 232 g/mol. The molecule has 1 saturated carbocycles. The first-order valence-corrected chi connectivity index (χ1v) is 6.32. The van der Waals surface area contributed by atoms with Crippen LogP contribution in [0.25, 0.3) is 0 Å². The van der Waals surface area contributed by atoms with Gasteiger partial charge in [-0.15, -0.1) is 0 Å². The van der Waals surface area contributed by atoms with Crippen molar-refractivity contribution >= 4 is 5.91 Å². The average Bonchev–Trinajstić information content (AvgIpc) is 2.93. The van der Waals surface area contributed by atoms with Gasteiger partial charge in [-0.2, -0.15) is 4.98 Å². The fourth-order valence-corrected chi connectivity index (χ4v) is 1.47. The molecule has 0 saturated heterocycles. The third kappa shape index (κ3) is 4.10. The van der Waals surface area contributed by atoms with Gasteiger partial charge in [0.05, 0.1) is 0 Å². The molecule has 0 spiro atoms. The predicted molar refractivity (Wildman–Crippen MR) is 66.2 cm³/mol. The lowest BCUT2D eigenvalue weighted by molar-refractivity contribution is 0.0937. The largest absolute Gasteiger partial charge is 0.346 e. The molecule has 2 rings (SSSR count). The van der Waals surface area contributed by atoms with Crippen LogP contribution in [0, 0.1) is 0 Å². The number of aromatic nitrogens is 2. The van der Waals surface area contributed by atoms with Gasteiger partial charge in [0.25, 0.3) is 11.7 Å². The summed E-state index contributed by atoms with van der Waals surface area (Å²) in [7, 11) is 0. The van der Waals surface area contributed by atoms with E-state index in [0.717, 1.165) is 19.4 Å². The highest BCUT2D eigenvalue weighted by Gasteiger charge is 2.26. The number of carbonyl (C=O) groups excluding carboxylic acids is 1. The van der Waals surface area contributed by atoms with Crippen molar-refractivity contribution in [3.8, 4) is 0 Å². The van der Waals surface area contributed by atoms with Crippen LogP contribution in [0.4, 0.5) is 0 Å². The fourth-order valence-electron chi connectivity index (χ4n) is 1.47. The van der Waals surface area contributed by atoms with Gasteiger partial charge in [-0.05, 0) is 33.6 Å². The number of rotatable bonds is 5. The molecule has 6 nitrogen and oxygen atoms in total. The molecule has 0 radical (unpaired) electrons. The fraction of sp³-hybridized carbons (Fsp3) is 0.750. The van der Waals surface area contributed by atoms with E-state index >= 15 is 0 Å². The molecule has 1 aliphatic carbocycles. The van der Waals surface area contributed by atoms with Gasteiger partial charge in [-0.1, -0.05) is 5.16 Å². The van der Waals surface area contributed by atoms with Crippen molar-refractivity contribution in [2.75, 3.05) is 6.54 Å². The summed E-state index contributed by atoms with van der Waals surface area (Å²) in [5.41, 5.74) is 0.0617. The summed E-state index contributed by atoms with van der Waals surface area (Å²) in [6.45, 7) is 7.02. The summed E-state index contributed by atoms with van der Waals surface area (Å²) in [6.07, 6.45) is 2.72. The minimum atomic E-state index is -0.240. The quantitative estimate of drug-likeness (QED) is 0.813. The van der Waals surface area contributed by atoms with E-state index in [2.05, 4.69) is 41.5 Å². The third-order valence-corrected chi connectivity index (χ3v) is 2.58. The topological polar surface area (TPSA) is 80.0 Å². The summed E-state index contributed by atoms with van der Waals surface area (Å²) in [6, 6.07) is 0.307. The second kappa shape index (κ2) is 5.06. The van der Waals surface area contributed by atoms with E-state index in [4.69, 9.17) is 4.52 Å². The molecule has 1 aliphatic rings. The molecule has 0 unspecified atom stereocenters. The maximum absolute atomic E-state index is 11.6. The molecule has 6 heteroatoms. The lowest BCUT2D eigenvalue weighted by atomic mass is 10.1. The van der Waals surface area contributed by atoms with Crippen molar-refractivity contribution in [3.63, 3.8) is 0 Å². The molecule has 1 amide bonds. The van der Waals surface area contributed by atoms with Crippen LogP contribution in [0.2, 0.25) is 0 Å². The van der Waals surface area contributed by atoms with Gasteiger partial charge in [-0.3, -0.25) is 4.79 Å². The van der Waals surface area contributed by atoms with Crippen LogP contribution in [0.15, 0.2) is 4.52 Å². The monoisotopic (exact) mass is 252 g/mol. The van der Waals surface area contributed by atoms with E-state index in [9.17, 15) is 4.79 Å². The van der Waals surface area contributed by atoms with Crippen LogP contribution in [0.5, 0.6) is 0 Å². The Morgan fingerprint density at radius 3 is 2.78 bits per heavy atom. The third-order valence-electron chi connectivity index (χ3n) is 2.58. The second-order valence-electron chi connectivity index (χ2n) is 5.69. The van der Waals surface area contributed by atoms with Gasteiger partial charge in [0.2, 0.25) is 5.89 Å². The van der Waals surface area contributed by atoms with Crippen LogP contribution in [0.1, 0.15) is 50.1 Å². The van der Waals surface area contributed by atoms with Crippen molar-refractivity contribution in [3.05, 3.63) is 11.7 Å². The number of nitrogens with one attached hydrogen (secondary N) is 2. The lowest BCUT2D eigenvalue weighted by Crippen LogP contribution is -2.37. The Bertz CT molecular complexity index is 418. The van der Waals surface area contributed by atoms with Gasteiger partial charge in [0, 0.05) is 24.5 Å². The number of carbonyl (C=O) groups is 1. The Morgan fingerprint density at radius 2 is 2.17 bits per heavy atom. The van der Waals surface area contributed by atoms with Crippen molar-refractivity contribution in [1.82, 2.24) is 20.8 Å². The normalized spacial score (nSPS) is 15.7. The van der Waals surface area contributed by atoms with E-state index < -0.39 is 0 Å². The van der Waals surface area contributed by atoms with Gasteiger partial charge in [0.1, 0.15) is 0 Å². The second-order valence-corrected chi connectivity index (χ2v) is 5.69. The van der Waals surface area contributed by atoms with E-state index in [1.165, 1.54) is 0 Å². The van der Waals surface area contributed by atoms with E-state index in [1.807, 2.05) is 0 Å². The number of amides is 1. The Kier molecular flexibility index (Phi) is 3.65. The molecule has 2 N–H and O–H groups in total. The Labute approximate surface area is 107 Å². The predicted octanol–water partition coefficient (Wildman–Crippen LogP) is 0.892. The number of hydrogen-bond acceptors (Lipinski definition) is 5. The van der Waals surface area contributed by atoms with Crippen molar-refractivity contribution in [2.45, 2.75) is 51.6 Å². The first kappa shape index (κ1) is 13.0. The number of nitrogens with zero attached hydrogens (tertiary/aromatic N) is 2. The van der Waals surface area contributed by atoms with Crippen LogP contribution in [-0.2, 0) is 6.42 Å². The minimum absolute atomic E-state index is 0.0617. The highest BCUT2D eigenvalue weighted by molar-refractivity contribution is 5.90. The lowest BCUT2D eigenvalue weighted by Gasteiger charge is -2.19. The summed E-state index contributed by atoms with van der Waals surface area (Å²) in [4.78, 5) is 15.7. The molecule has 1 aromatic heterocycles. The average molecular weight is 252 g/mol. The number of hydrogen-bond donors (Lipinski definition) is 2. The Balaban J connectivity index is 1.80. The first-order chi connectivity index (χ1) is 8.44. The van der Waals surface area contributed by atoms with Crippen LogP contribution < -0.4 is 10.6 Å². The molecule has 1 heterocycles. The van der Waals surface area contributed by atoms with Crippen LogP contribution >= 0.6 is 0 Å². The molecule has 0 aromatic carbocycles. The zero-order chi connectivity index (χ0) is 13.2. The zero-order valence-electron chi connectivity index (χ0n) is 11.1. The van der Waals surface area contributed by atoms with Gasteiger partial charge < -0.3 is 15.2 Å². The summed E-state index contributed by atoms with van der Waals surface area (Å²) >= 11 is 0. The van der Waals surface area contributed by atoms with E-state index in [1.54, 1.807) is 0 Å².